The molecule has 0 aromatic rings. The fourth-order valence-electron chi connectivity index (χ4n) is 10.4. The summed E-state index contributed by atoms with van der Waals surface area (Å²) in [6, 6.07) is 0. The molecule has 0 radical (unpaired) electrons. The van der Waals surface area contributed by atoms with Crippen LogP contribution >= 0.6 is 0 Å². The van der Waals surface area contributed by atoms with Crippen LogP contribution in [0.25, 0.3) is 0 Å². The van der Waals surface area contributed by atoms with Gasteiger partial charge in [0.05, 0.1) is 6.61 Å². The molecule has 0 amide bonds. The number of hydrogen-bond donors (Lipinski definition) is 3. The number of carbonyl (C=O) groups excluding carboxylic acids is 3. The highest BCUT2D eigenvalue weighted by atomic mass is 16.7. The molecular formula is C71H124O12. The van der Waals surface area contributed by atoms with Crippen molar-refractivity contribution >= 4 is 23.9 Å². The quantitative estimate of drug-likeness (QED) is 0.0228. The van der Waals surface area contributed by atoms with E-state index in [1.807, 2.05) is 0 Å². The van der Waals surface area contributed by atoms with Crippen LogP contribution in [0.3, 0.4) is 0 Å². The van der Waals surface area contributed by atoms with Crippen molar-refractivity contribution in [2.75, 3.05) is 13.2 Å². The lowest BCUT2D eigenvalue weighted by atomic mass is 9.98. The number of aliphatic carboxylic acids is 1. The largest absolute Gasteiger partial charge is 0.479 e. The molecule has 480 valence electrons. The zero-order valence-corrected chi connectivity index (χ0v) is 53.2. The third-order valence-corrected chi connectivity index (χ3v) is 15.6. The second-order valence-electron chi connectivity index (χ2n) is 23.4. The first-order valence-corrected chi connectivity index (χ1v) is 34.3. The van der Waals surface area contributed by atoms with E-state index in [-0.39, 0.29) is 25.9 Å². The highest BCUT2D eigenvalue weighted by Gasteiger charge is 2.50. The summed E-state index contributed by atoms with van der Waals surface area (Å²) in [5.74, 6) is -3.12. The Morgan fingerprint density at radius 1 is 0.410 bits per heavy atom. The Labute approximate surface area is 506 Å². The smallest absolute Gasteiger partial charge is 0.335 e. The van der Waals surface area contributed by atoms with Crippen LogP contribution in [0, 0.1) is 0 Å². The highest BCUT2D eigenvalue weighted by Crippen LogP contribution is 2.27. The van der Waals surface area contributed by atoms with Crippen LogP contribution in [0.2, 0.25) is 0 Å². The Kier molecular flexibility index (Phi) is 54.8. The first kappa shape index (κ1) is 77.4. The fraction of sp³-hybridized carbons (Fsp3) is 0.803. The van der Waals surface area contributed by atoms with Gasteiger partial charge in [0.2, 0.25) is 0 Å². The second-order valence-corrected chi connectivity index (χ2v) is 23.4. The summed E-state index contributed by atoms with van der Waals surface area (Å²) in [6.45, 7) is 5.90. The third-order valence-electron chi connectivity index (χ3n) is 15.6. The van der Waals surface area contributed by atoms with E-state index in [2.05, 4.69) is 81.5 Å². The van der Waals surface area contributed by atoms with Gasteiger partial charge in [0, 0.05) is 19.3 Å². The number of esters is 3. The van der Waals surface area contributed by atoms with Gasteiger partial charge in [-0.25, -0.2) is 4.79 Å². The molecule has 3 N–H and O–H groups in total. The molecule has 0 saturated carbocycles. The number of aliphatic hydroxyl groups excluding tert-OH is 2. The van der Waals surface area contributed by atoms with E-state index >= 15 is 0 Å². The van der Waals surface area contributed by atoms with Gasteiger partial charge in [0.25, 0.3) is 0 Å². The summed E-state index contributed by atoms with van der Waals surface area (Å²) < 4.78 is 28.6. The van der Waals surface area contributed by atoms with Crippen LogP contribution in [0.1, 0.15) is 316 Å². The van der Waals surface area contributed by atoms with Crippen molar-refractivity contribution < 1.29 is 58.2 Å². The Balaban J connectivity index is 2.64. The molecule has 0 aliphatic carbocycles. The lowest BCUT2D eigenvalue weighted by molar-refractivity contribution is -0.301. The van der Waals surface area contributed by atoms with Gasteiger partial charge >= 0.3 is 23.9 Å². The molecule has 1 aliphatic rings. The molecule has 1 fully saturated rings. The van der Waals surface area contributed by atoms with Crippen molar-refractivity contribution in [1.82, 2.24) is 0 Å². The molecule has 0 aromatic carbocycles. The van der Waals surface area contributed by atoms with Crippen molar-refractivity contribution in [2.45, 2.75) is 353 Å². The second kappa shape index (κ2) is 58.8. The van der Waals surface area contributed by atoms with Crippen molar-refractivity contribution in [2.24, 2.45) is 0 Å². The first-order valence-electron chi connectivity index (χ1n) is 34.3. The first-order chi connectivity index (χ1) is 40.6. The monoisotopic (exact) mass is 1170 g/mol. The average Bonchev–Trinajstić information content (AvgIpc) is 3.59. The number of ether oxygens (including phenoxy) is 5. The molecule has 0 bridgehead atoms. The number of unbranched alkanes of at least 4 members (excludes halogenated alkanes) is 35. The molecule has 6 atom stereocenters. The summed E-state index contributed by atoms with van der Waals surface area (Å²) in [4.78, 5) is 51.4. The van der Waals surface area contributed by atoms with E-state index in [0.29, 0.717) is 19.3 Å². The summed E-state index contributed by atoms with van der Waals surface area (Å²) in [5, 5.41) is 31.6. The number of aliphatic hydroxyl groups is 2. The van der Waals surface area contributed by atoms with Gasteiger partial charge < -0.3 is 39.0 Å². The third kappa shape index (κ3) is 48.3. The van der Waals surface area contributed by atoms with Gasteiger partial charge in [-0.15, -0.1) is 0 Å². The predicted octanol–water partition coefficient (Wildman–Crippen LogP) is 18.7. The molecule has 12 nitrogen and oxygen atoms in total. The van der Waals surface area contributed by atoms with Crippen molar-refractivity contribution in [3.05, 3.63) is 60.8 Å². The SMILES string of the molecule is CC/C=C\C/C=C\C/C=C\CCCCCCCCCC(=O)OC(COC(=O)CCCCCCCCCCCCCCCCCCCCC)COC1OC(C(=O)O)C(O)C(O)C1OC(=O)CCCCCCCCC/C=C\C/C=C\CCCCC. The molecule has 83 heavy (non-hydrogen) atoms. The molecule has 1 heterocycles. The zero-order chi connectivity index (χ0) is 60.3. The van der Waals surface area contributed by atoms with Crippen molar-refractivity contribution in [3.8, 4) is 0 Å². The van der Waals surface area contributed by atoms with Crippen molar-refractivity contribution in [3.63, 3.8) is 0 Å². The van der Waals surface area contributed by atoms with Gasteiger partial charge in [-0.3, -0.25) is 14.4 Å². The molecular weight excluding hydrogens is 1040 g/mol. The topological polar surface area (TPSA) is 175 Å². The molecule has 6 unspecified atom stereocenters. The molecule has 0 aromatic heterocycles. The molecule has 1 rings (SSSR count). The normalized spacial score (nSPS) is 17.9. The Morgan fingerprint density at radius 2 is 0.759 bits per heavy atom. The van der Waals surface area contributed by atoms with Crippen LogP contribution in [-0.2, 0) is 42.9 Å². The lowest BCUT2D eigenvalue weighted by Gasteiger charge is -2.40. The van der Waals surface area contributed by atoms with Gasteiger partial charge in [0.15, 0.2) is 24.6 Å². The van der Waals surface area contributed by atoms with E-state index < -0.39 is 67.3 Å². The van der Waals surface area contributed by atoms with Crippen LogP contribution in [0.15, 0.2) is 60.8 Å². The van der Waals surface area contributed by atoms with Crippen LogP contribution in [0.5, 0.6) is 0 Å². The molecule has 1 saturated heterocycles. The van der Waals surface area contributed by atoms with E-state index in [0.717, 1.165) is 141 Å². The number of carbonyl (C=O) groups is 4. The Morgan fingerprint density at radius 3 is 1.18 bits per heavy atom. The molecule has 0 spiro atoms. The predicted molar refractivity (Wildman–Crippen MR) is 340 cm³/mol. The Hall–Kier alpha value is -3.58. The summed E-state index contributed by atoms with van der Waals surface area (Å²) in [6.07, 6.45) is 61.7. The molecule has 12 heteroatoms. The van der Waals surface area contributed by atoms with E-state index in [9.17, 15) is 34.5 Å². The molecule has 1 aliphatic heterocycles. The minimum atomic E-state index is -1.91. The summed E-state index contributed by atoms with van der Waals surface area (Å²) >= 11 is 0. The lowest BCUT2D eigenvalue weighted by Crippen LogP contribution is -2.61. The highest BCUT2D eigenvalue weighted by molar-refractivity contribution is 5.74. The Bertz CT molecular complexity index is 1670. The standard InChI is InChI=1S/C71H124O12/c1-4-7-10-13-16-19-22-25-28-31-32-35-36-39-42-45-48-51-54-57-63(72)79-60-62(81-64(73)58-55-52-49-46-43-40-37-33-29-26-23-20-17-14-11-8-5-2)61-80-71-69(67(76)66(75)68(83-71)70(77)78)82-65(74)59-56-53-50-47-44-41-38-34-30-27-24-21-18-15-12-9-6-3/h8,11,17-18,20-21,26-27,29-30,62,66-69,71,75-76H,4-7,9-10,12-16,19,22-25,28,31-61H2,1-3H3,(H,77,78)/b11-8-,20-17-,21-18-,29-26-,30-27-. The van der Waals surface area contributed by atoms with E-state index in [1.165, 1.54) is 116 Å². The number of allylic oxidation sites excluding steroid dienone is 10. The maximum absolute atomic E-state index is 13.2. The number of carboxylic acid groups (broad SMARTS) is 1. The summed E-state index contributed by atoms with van der Waals surface area (Å²) in [7, 11) is 0. The van der Waals surface area contributed by atoms with Crippen LogP contribution in [-0.4, -0.2) is 89.2 Å². The number of rotatable bonds is 59. The van der Waals surface area contributed by atoms with E-state index in [1.54, 1.807) is 0 Å². The zero-order valence-electron chi connectivity index (χ0n) is 53.2. The maximum atomic E-state index is 13.2. The van der Waals surface area contributed by atoms with Gasteiger partial charge in [0.1, 0.15) is 18.8 Å². The van der Waals surface area contributed by atoms with Gasteiger partial charge in [-0.05, 0) is 83.5 Å². The minimum Gasteiger partial charge on any atom is -0.479 e. The average molecular weight is 1170 g/mol. The fourth-order valence-corrected chi connectivity index (χ4v) is 10.4. The van der Waals surface area contributed by atoms with Gasteiger partial charge in [-0.2, -0.15) is 0 Å². The minimum absolute atomic E-state index is 0.0513. The maximum Gasteiger partial charge on any atom is 0.335 e. The number of hydrogen-bond acceptors (Lipinski definition) is 11. The van der Waals surface area contributed by atoms with Crippen LogP contribution < -0.4 is 0 Å². The van der Waals surface area contributed by atoms with Crippen molar-refractivity contribution in [1.29, 1.82) is 0 Å². The van der Waals surface area contributed by atoms with E-state index in [4.69, 9.17) is 23.7 Å². The van der Waals surface area contributed by atoms with Gasteiger partial charge in [-0.1, -0.05) is 274 Å². The van der Waals surface area contributed by atoms with Crippen LogP contribution in [0.4, 0.5) is 0 Å². The summed E-state index contributed by atoms with van der Waals surface area (Å²) in [5.41, 5.74) is 0. The number of carboxylic acids is 1.